The molecule has 1 aliphatic heterocycles. The summed E-state index contributed by atoms with van der Waals surface area (Å²) in [6, 6.07) is 31.5. The predicted octanol–water partition coefficient (Wildman–Crippen LogP) is 0.688. The lowest BCUT2D eigenvalue weighted by molar-refractivity contribution is -0.140. The molecule has 2 atom stereocenters. The van der Waals surface area contributed by atoms with Gasteiger partial charge < -0.3 is 21.7 Å². The summed E-state index contributed by atoms with van der Waals surface area (Å²) in [5, 5.41) is 3.69. The van der Waals surface area contributed by atoms with Gasteiger partial charge in [0.05, 0.1) is 0 Å². The van der Waals surface area contributed by atoms with Gasteiger partial charge in [0.2, 0.25) is 0 Å². The highest BCUT2D eigenvalue weighted by molar-refractivity contribution is 7.96. The van der Waals surface area contributed by atoms with Gasteiger partial charge in [-0.05, 0) is 43.3 Å². The second-order valence-corrected chi connectivity index (χ2v) is 10.3. The van der Waals surface area contributed by atoms with Crippen LogP contribution >= 0.6 is 7.26 Å². The van der Waals surface area contributed by atoms with Crippen LogP contribution in [0.15, 0.2) is 91.0 Å². The molecule has 0 radical (unpaired) electrons. The maximum absolute atomic E-state index is 13.0. The zero-order chi connectivity index (χ0) is 18.0. The zero-order valence-corrected chi connectivity index (χ0v) is 17.6. The first-order chi connectivity index (χ1) is 12.7. The normalized spacial score (nSPS) is 19.2. The minimum absolute atomic E-state index is 0. The number of esters is 1. The molecule has 138 valence electrons. The summed E-state index contributed by atoms with van der Waals surface area (Å²) >= 11 is 0. The first kappa shape index (κ1) is 19.8. The van der Waals surface area contributed by atoms with Crippen LogP contribution in [0.4, 0.5) is 0 Å². The number of hydrogen-bond donors (Lipinski definition) is 0. The Labute approximate surface area is 171 Å². The molecule has 1 heterocycles. The standard InChI is InChI=1S/C23H22O2P.BrH/c1-18-17-22(23(24)25-18)26(19-11-5-2-6-12-19,20-13-7-3-8-14-20)21-15-9-4-10-16-21;/h2-16,18,22H,17H2,1H3;1H/q+1;/p-1. The fourth-order valence-electron chi connectivity index (χ4n) is 4.03. The smallest absolute Gasteiger partial charge is 0.348 e. The predicted molar refractivity (Wildman–Crippen MR) is 109 cm³/mol. The van der Waals surface area contributed by atoms with Crippen molar-refractivity contribution in [2.75, 3.05) is 0 Å². The van der Waals surface area contributed by atoms with Crippen molar-refractivity contribution in [3.05, 3.63) is 91.0 Å². The van der Waals surface area contributed by atoms with Gasteiger partial charge in [-0.25, -0.2) is 4.79 Å². The summed E-state index contributed by atoms with van der Waals surface area (Å²) in [6.07, 6.45) is 0.716. The number of benzene rings is 3. The third-order valence-corrected chi connectivity index (χ3v) is 9.80. The second kappa shape index (κ2) is 8.37. The van der Waals surface area contributed by atoms with E-state index in [9.17, 15) is 4.79 Å². The Morgan fingerprint density at radius 1 is 0.741 bits per heavy atom. The third kappa shape index (κ3) is 3.47. The van der Waals surface area contributed by atoms with Crippen LogP contribution in [-0.2, 0) is 9.53 Å². The van der Waals surface area contributed by atoms with Crippen molar-refractivity contribution in [1.29, 1.82) is 0 Å². The molecule has 1 saturated heterocycles. The van der Waals surface area contributed by atoms with E-state index >= 15 is 0 Å². The van der Waals surface area contributed by atoms with Crippen molar-refractivity contribution in [3.63, 3.8) is 0 Å². The van der Waals surface area contributed by atoms with Crippen LogP contribution < -0.4 is 32.9 Å². The molecule has 0 N–H and O–H groups in total. The molecule has 0 saturated carbocycles. The Balaban J connectivity index is 0.00000210. The Hall–Kier alpha value is -1.96. The summed E-state index contributed by atoms with van der Waals surface area (Å²) in [7, 11) is -2.17. The molecule has 27 heavy (non-hydrogen) atoms. The monoisotopic (exact) mass is 440 g/mol. The molecule has 1 fully saturated rings. The van der Waals surface area contributed by atoms with Gasteiger partial charge in [0, 0.05) is 6.42 Å². The first-order valence-corrected chi connectivity index (χ1v) is 10.8. The zero-order valence-electron chi connectivity index (χ0n) is 15.2. The lowest BCUT2D eigenvalue weighted by Crippen LogP contribution is -3.00. The summed E-state index contributed by atoms with van der Waals surface area (Å²) < 4.78 is 5.63. The molecule has 3 aromatic carbocycles. The van der Waals surface area contributed by atoms with Crippen molar-refractivity contribution in [1.82, 2.24) is 0 Å². The average Bonchev–Trinajstić information content (AvgIpc) is 3.03. The number of rotatable bonds is 4. The number of ether oxygens (including phenoxy) is 1. The quantitative estimate of drug-likeness (QED) is 0.440. The molecular weight excluding hydrogens is 419 g/mol. The number of cyclic esters (lactones) is 1. The number of carbonyl (C=O) groups is 1. The molecule has 0 spiro atoms. The van der Waals surface area contributed by atoms with Crippen LogP contribution in [0.5, 0.6) is 0 Å². The van der Waals surface area contributed by atoms with Crippen molar-refractivity contribution in [2.45, 2.75) is 25.1 Å². The van der Waals surface area contributed by atoms with E-state index in [2.05, 4.69) is 72.8 Å². The molecule has 0 bridgehead atoms. The number of hydrogen-bond acceptors (Lipinski definition) is 2. The molecular formula is C23H22BrO2P. The largest absolute Gasteiger partial charge is 1.00 e. The maximum Gasteiger partial charge on any atom is 0.348 e. The Bertz CT molecular complexity index is 787. The van der Waals surface area contributed by atoms with Crippen LogP contribution in [-0.4, -0.2) is 17.7 Å². The Kier molecular flexibility index (Phi) is 6.14. The fraction of sp³-hybridized carbons (Fsp3) is 0.174. The van der Waals surface area contributed by atoms with Gasteiger partial charge >= 0.3 is 5.97 Å². The summed E-state index contributed by atoms with van der Waals surface area (Å²) in [6.45, 7) is 1.99. The summed E-state index contributed by atoms with van der Waals surface area (Å²) in [4.78, 5) is 13.0. The van der Waals surface area contributed by atoms with Gasteiger partial charge in [-0.1, -0.05) is 54.6 Å². The van der Waals surface area contributed by atoms with E-state index in [0.717, 1.165) is 6.42 Å². The van der Waals surface area contributed by atoms with Crippen LogP contribution in [0.2, 0.25) is 0 Å². The molecule has 1 aliphatic rings. The number of halogens is 1. The van der Waals surface area contributed by atoms with Gasteiger partial charge in [-0.2, -0.15) is 0 Å². The van der Waals surface area contributed by atoms with Crippen molar-refractivity contribution < 1.29 is 26.5 Å². The highest BCUT2D eigenvalue weighted by Gasteiger charge is 2.59. The van der Waals surface area contributed by atoms with E-state index in [0.29, 0.717) is 0 Å². The van der Waals surface area contributed by atoms with Crippen molar-refractivity contribution in [2.24, 2.45) is 0 Å². The van der Waals surface area contributed by atoms with Gasteiger partial charge in [-0.3, -0.25) is 0 Å². The molecule has 0 aromatic heterocycles. The Morgan fingerprint density at radius 3 is 1.41 bits per heavy atom. The van der Waals surface area contributed by atoms with Gasteiger partial charge in [0.15, 0.2) is 5.66 Å². The van der Waals surface area contributed by atoms with Gasteiger partial charge in [0.25, 0.3) is 0 Å². The van der Waals surface area contributed by atoms with E-state index in [1.54, 1.807) is 0 Å². The van der Waals surface area contributed by atoms with Gasteiger partial charge in [-0.15, -0.1) is 0 Å². The third-order valence-electron chi connectivity index (χ3n) is 5.10. The van der Waals surface area contributed by atoms with E-state index in [-0.39, 0.29) is 34.7 Å². The van der Waals surface area contributed by atoms with Crippen LogP contribution in [0.25, 0.3) is 0 Å². The van der Waals surface area contributed by atoms with Crippen molar-refractivity contribution in [3.8, 4) is 0 Å². The molecule has 3 aromatic rings. The fourth-order valence-corrected chi connectivity index (χ4v) is 8.92. The molecule has 2 nitrogen and oxygen atoms in total. The van der Waals surface area contributed by atoms with E-state index < -0.39 is 7.26 Å². The lowest BCUT2D eigenvalue weighted by atomic mass is 10.2. The molecule has 2 unspecified atom stereocenters. The molecule has 0 amide bonds. The molecule has 0 aliphatic carbocycles. The molecule has 4 heteroatoms. The first-order valence-electron chi connectivity index (χ1n) is 8.99. The lowest BCUT2D eigenvalue weighted by Gasteiger charge is -2.30. The van der Waals surface area contributed by atoms with E-state index in [4.69, 9.17) is 4.74 Å². The summed E-state index contributed by atoms with van der Waals surface area (Å²) in [5.41, 5.74) is -0.148. The van der Waals surface area contributed by atoms with Gasteiger partial charge in [0.1, 0.15) is 29.3 Å². The topological polar surface area (TPSA) is 26.3 Å². The second-order valence-electron chi connectivity index (χ2n) is 6.73. The van der Waals surface area contributed by atoms with E-state index in [1.165, 1.54) is 15.9 Å². The maximum atomic E-state index is 13.0. The minimum atomic E-state index is -2.17. The van der Waals surface area contributed by atoms with E-state index in [1.807, 2.05) is 25.1 Å². The van der Waals surface area contributed by atoms with Crippen LogP contribution in [0, 0.1) is 0 Å². The Morgan fingerprint density at radius 2 is 1.11 bits per heavy atom. The highest BCUT2D eigenvalue weighted by atomic mass is 79.9. The SMILES string of the molecule is CC1CC([P+](c2ccccc2)(c2ccccc2)c2ccccc2)C(=O)O1.[Br-]. The minimum Gasteiger partial charge on any atom is -1.00 e. The molecule has 4 rings (SSSR count). The van der Waals surface area contributed by atoms with Crippen LogP contribution in [0.3, 0.4) is 0 Å². The summed E-state index contributed by atoms with van der Waals surface area (Å²) in [5.74, 6) is -0.0672. The average molecular weight is 441 g/mol. The highest BCUT2D eigenvalue weighted by Crippen LogP contribution is 2.62. The van der Waals surface area contributed by atoms with Crippen LogP contribution in [0.1, 0.15) is 13.3 Å². The number of carbonyl (C=O) groups excluding carboxylic acids is 1. The van der Waals surface area contributed by atoms with Crippen molar-refractivity contribution >= 4 is 29.1 Å².